The van der Waals surface area contributed by atoms with Crippen LogP contribution < -0.4 is 14.4 Å². The molecule has 0 spiro atoms. The summed E-state index contributed by atoms with van der Waals surface area (Å²) in [5.41, 5.74) is 1.41. The number of carbonyl (C=O) groups excluding carboxylic acids is 2. The molecule has 8 nitrogen and oxygen atoms in total. The van der Waals surface area contributed by atoms with Gasteiger partial charge in [-0.1, -0.05) is 57.9 Å². The van der Waals surface area contributed by atoms with Crippen LogP contribution in [0.1, 0.15) is 45.7 Å². The Hall–Kier alpha value is -3.37. The fourth-order valence-corrected chi connectivity index (χ4v) is 5.82. The average molecular weight is 645 g/mol. The molecular formula is C31H38BrN3O5S. The number of para-hydroxylation sites is 2. The summed E-state index contributed by atoms with van der Waals surface area (Å²) in [6.45, 7) is 10.8. The molecular weight excluding hydrogens is 606 g/mol. The molecule has 0 aliphatic carbocycles. The summed E-state index contributed by atoms with van der Waals surface area (Å²) < 4.78 is 35.8. The summed E-state index contributed by atoms with van der Waals surface area (Å²) in [7, 11) is -4.19. The first-order valence-corrected chi connectivity index (χ1v) is 15.6. The summed E-state index contributed by atoms with van der Waals surface area (Å²) in [6.07, 6.45) is 0. The molecule has 0 aliphatic heterocycles. The maximum Gasteiger partial charge on any atom is 0.264 e. The van der Waals surface area contributed by atoms with Gasteiger partial charge in [0.2, 0.25) is 11.8 Å². The highest BCUT2D eigenvalue weighted by molar-refractivity contribution is 9.10. The second kappa shape index (κ2) is 13.5. The predicted molar refractivity (Wildman–Crippen MR) is 165 cm³/mol. The molecule has 0 heterocycles. The Morgan fingerprint density at radius 3 is 2.17 bits per heavy atom. The van der Waals surface area contributed by atoms with Gasteiger partial charge in [0.25, 0.3) is 10.0 Å². The number of halogens is 1. The zero-order valence-electron chi connectivity index (χ0n) is 24.3. The third kappa shape index (κ3) is 8.56. The quantitative estimate of drug-likeness (QED) is 0.290. The van der Waals surface area contributed by atoms with Gasteiger partial charge in [-0.25, -0.2) is 8.42 Å². The van der Waals surface area contributed by atoms with Crippen molar-refractivity contribution in [1.29, 1.82) is 0 Å². The Labute approximate surface area is 251 Å². The van der Waals surface area contributed by atoms with Gasteiger partial charge in [-0.3, -0.25) is 13.9 Å². The minimum absolute atomic E-state index is 0.0418. The zero-order chi connectivity index (χ0) is 30.4. The summed E-state index contributed by atoms with van der Waals surface area (Å²) >= 11 is 3.42. The lowest BCUT2D eigenvalue weighted by atomic mass is 10.1. The van der Waals surface area contributed by atoms with Crippen LogP contribution in [-0.4, -0.2) is 49.9 Å². The molecule has 41 heavy (non-hydrogen) atoms. The second-order valence-electron chi connectivity index (χ2n) is 10.8. The summed E-state index contributed by atoms with van der Waals surface area (Å²) in [5.74, 6) is -0.548. The first kappa shape index (κ1) is 32.1. The summed E-state index contributed by atoms with van der Waals surface area (Å²) in [5, 5.41) is 2.93. The Morgan fingerprint density at radius 1 is 0.976 bits per heavy atom. The van der Waals surface area contributed by atoms with Crippen LogP contribution in [-0.2, 0) is 26.2 Å². The topological polar surface area (TPSA) is 96.0 Å². The molecule has 0 bridgehead atoms. The van der Waals surface area contributed by atoms with Gasteiger partial charge < -0.3 is 15.0 Å². The Kier molecular flexibility index (Phi) is 10.6. The van der Waals surface area contributed by atoms with E-state index in [1.165, 1.54) is 17.0 Å². The lowest BCUT2D eigenvalue weighted by Crippen LogP contribution is -2.54. The van der Waals surface area contributed by atoms with Crippen LogP contribution in [0.15, 0.2) is 82.2 Å². The van der Waals surface area contributed by atoms with Gasteiger partial charge in [0, 0.05) is 16.6 Å². The highest BCUT2D eigenvalue weighted by Crippen LogP contribution is 2.33. The van der Waals surface area contributed by atoms with Crippen molar-refractivity contribution in [3.05, 3.63) is 88.4 Å². The van der Waals surface area contributed by atoms with Crippen molar-refractivity contribution in [2.24, 2.45) is 0 Å². The molecule has 10 heteroatoms. The fraction of sp³-hybridized carbons (Fsp3) is 0.355. The largest absolute Gasteiger partial charge is 0.492 e. The zero-order valence-corrected chi connectivity index (χ0v) is 26.8. The molecule has 0 radical (unpaired) electrons. The molecule has 220 valence electrons. The molecule has 0 fully saturated rings. The van der Waals surface area contributed by atoms with E-state index in [1.807, 2.05) is 52.0 Å². The Balaban J connectivity index is 2.08. The number of carbonyl (C=O) groups is 2. The Morgan fingerprint density at radius 2 is 1.59 bits per heavy atom. The van der Waals surface area contributed by atoms with Crippen LogP contribution in [0, 0.1) is 6.92 Å². The Bertz CT molecular complexity index is 1450. The SMILES string of the molecule is CCOc1ccccc1N(CC(=O)N(Cc1ccc(Br)cc1)[C@@H](C)C(=O)NC(C)(C)C)S(=O)(=O)c1ccc(C)cc1. The normalized spacial score (nSPS) is 12.4. The third-order valence-electron chi connectivity index (χ3n) is 6.25. The number of rotatable bonds is 11. The van der Waals surface area contributed by atoms with Crippen molar-refractivity contribution in [2.45, 2.75) is 64.6 Å². The van der Waals surface area contributed by atoms with E-state index in [0.29, 0.717) is 12.4 Å². The minimum Gasteiger partial charge on any atom is -0.492 e. The van der Waals surface area contributed by atoms with E-state index in [2.05, 4.69) is 21.2 Å². The van der Waals surface area contributed by atoms with Crippen molar-refractivity contribution in [3.8, 4) is 5.75 Å². The molecule has 2 amide bonds. The van der Waals surface area contributed by atoms with E-state index < -0.39 is 34.1 Å². The van der Waals surface area contributed by atoms with E-state index in [4.69, 9.17) is 4.74 Å². The number of amides is 2. The molecule has 0 saturated carbocycles. The van der Waals surface area contributed by atoms with Crippen LogP contribution in [0.5, 0.6) is 5.75 Å². The molecule has 0 unspecified atom stereocenters. The van der Waals surface area contributed by atoms with Crippen molar-refractivity contribution < 1.29 is 22.7 Å². The number of benzene rings is 3. The van der Waals surface area contributed by atoms with Crippen molar-refractivity contribution in [3.63, 3.8) is 0 Å². The van der Waals surface area contributed by atoms with Crippen molar-refractivity contribution in [1.82, 2.24) is 10.2 Å². The standard InChI is InChI=1S/C31H38BrN3O5S/c1-7-40-28-11-9-8-10-27(28)35(41(38,39)26-18-12-22(2)13-19-26)21-29(36)34(20-24-14-16-25(32)17-15-24)23(3)30(37)33-31(4,5)6/h8-19,23H,7,20-21H2,1-6H3,(H,33,37)/t23-/m0/s1. The van der Waals surface area contributed by atoms with Gasteiger partial charge in [-0.05, 0) is 83.5 Å². The van der Waals surface area contributed by atoms with E-state index >= 15 is 0 Å². The molecule has 1 N–H and O–H groups in total. The highest BCUT2D eigenvalue weighted by atomic mass is 79.9. The molecule has 0 aromatic heterocycles. The van der Waals surface area contributed by atoms with Crippen LogP contribution in [0.25, 0.3) is 0 Å². The van der Waals surface area contributed by atoms with Gasteiger partial charge in [0.15, 0.2) is 0 Å². The van der Waals surface area contributed by atoms with E-state index in [1.54, 1.807) is 50.2 Å². The van der Waals surface area contributed by atoms with Crippen molar-refractivity contribution in [2.75, 3.05) is 17.5 Å². The predicted octanol–water partition coefficient (Wildman–Crippen LogP) is 5.68. The lowest BCUT2D eigenvalue weighted by Gasteiger charge is -2.33. The lowest BCUT2D eigenvalue weighted by molar-refractivity contribution is -0.140. The first-order chi connectivity index (χ1) is 19.2. The maximum absolute atomic E-state index is 14.1. The first-order valence-electron chi connectivity index (χ1n) is 13.4. The van der Waals surface area contributed by atoms with Crippen LogP contribution in [0.2, 0.25) is 0 Å². The van der Waals surface area contributed by atoms with Gasteiger partial charge >= 0.3 is 0 Å². The average Bonchev–Trinajstić information content (AvgIpc) is 2.91. The number of anilines is 1. The monoisotopic (exact) mass is 643 g/mol. The van der Waals surface area contributed by atoms with E-state index in [0.717, 1.165) is 19.9 Å². The maximum atomic E-state index is 14.1. The van der Waals surface area contributed by atoms with Gasteiger partial charge in [-0.2, -0.15) is 0 Å². The number of nitrogens with zero attached hydrogens (tertiary/aromatic N) is 2. The van der Waals surface area contributed by atoms with E-state index in [9.17, 15) is 18.0 Å². The number of nitrogens with one attached hydrogen (secondary N) is 1. The molecule has 3 rings (SSSR count). The molecule has 0 aliphatic rings. The highest BCUT2D eigenvalue weighted by Gasteiger charge is 2.34. The third-order valence-corrected chi connectivity index (χ3v) is 8.56. The molecule has 3 aromatic rings. The number of sulfonamides is 1. The number of hydrogen-bond donors (Lipinski definition) is 1. The molecule has 0 saturated heterocycles. The smallest absolute Gasteiger partial charge is 0.264 e. The molecule has 3 aromatic carbocycles. The van der Waals surface area contributed by atoms with Gasteiger partial charge in [0.1, 0.15) is 18.3 Å². The summed E-state index contributed by atoms with van der Waals surface area (Å²) in [4.78, 5) is 28.8. The molecule has 1 atom stereocenters. The van der Waals surface area contributed by atoms with Crippen LogP contribution >= 0.6 is 15.9 Å². The number of hydrogen-bond acceptors (Lipinski definition) is 5. The fourth-order valence-electron chi connectivity index (χ4n) is 4.13. The summed E-state index contributed by atoms with van der Waals surface area (Å²) in [6, 6.07) is 19.7. The van der Waals surface area contributed by atoms with Gasteiger partial charge in [-0.15, -0.1) is 0 Å². The van der Waals surface area contributed by atoms with Crippen molar-refractivity contribution >= 4 is 43.5 Å². The number of aryl methyl sites for hydroxylation is 1. The minimum atomic E-state index is -4.19. The number of ether oxygens (including phenoxy) is 1. The second-order valence-corrected chi connectivity index (χ2v) is 13.6. The van der Waals surface area contributed by atoms with Gasteiger partial charge in [0.05, 0.1) is 17.2 Å². The van der Waals surface area contributed by atoms with Crippen LogP contribution in [0.3, 0.4) is 0 Å². The van der Waals surface area contributed by atoms with Crippen LogP contribution in [0.4, 0.5) is 5.69 Å². The van der Waals surface area contributed by atoms with E-state index in [-0.39, 0.29) is 23.0 Å².